The Kier molecular flexibility index (Phi) is 3.43. The first-order chi connectivity index (χ1) is 10.0. The topological polar surface area (TPSA) is 30.9 Å². The summed E-state index contributed by atoms with van der Waals surface area (Å²) < 4.78 is 28.2. The van der Waals surface area contributed by atoms with E-state index in [4.69, 9.17) is 18.0 Å². The Labute approximate surface area is 125 Å². The molecule has 3 aromatic rings. The second-order valence-electron chi connectivity index (χ2n) is 4.83. The number of nitrogens with zero attached hydrogens (tertiary/aromatic N) is 1. The van der Waals surface area contributed by atoms with Gasteiger partial charge in [0.1, 0.15) is 4.99 Å². The maximum atomic E-state index is 13.3. The highest BCUT2D eigenvalue weighted by molar-refractivity contribution is 7.80. The quantitative estimate of drug-likeness (QED) is 0.749. The van der Waals surface area contributed by atoms with Gasteiger partial charge in [-0.1, -0.05) is 30.4 Å². The molecule has 5 heteroatoms. The van der Waals surface area contributed by atoms with Crippen LogP contribution in [0.5, 0.6) is 0 Å². The molecule has 0 amide bonds. The van der Waals surface area contributed by atoms with Crippen molar-refractivity contribution in [2.75, 3.05) is 0 Å². The van der Waals surface area contributed by atoms with Gasteiger partial charge in [-0.05, 0) is 35.2 Å². The highest BCUT2D eigenvalue weighted by Gasteiger charge is 2.07. The molecule has 0 unspecified atom stereocenters. The van der Waals surface area contributed by atoms with Crippen molar-refractivity contribution in [3.05, 3.63) is 71.4 Å². The lowest BCUT2D eigenvalue weighted by Crippen LogP contribution is -2.09. The number of rotatable bonds is 3. The number of aromatic nitrogens is 1. The predicted octanol–water partition coefficient (Wildman–Crippen LogP) is 3.60. The molecule has 0 saturated heterocycles. The Hall–Kier alpha value is -2.27. The minimum absolute atomic E-state index is 0.331. The van der Waals surface area contributed by atoms with Gasteiger partial charge in [-0.25, -0.2) is 8.78 Å². The third kappa shape index (κ3) is 2.64. The number of thiocarbonyl (C=S) groups is 1. The van der Waals surface area contributed by atoms with E-state index in [2.05, 4.69) is 0 Å². The first kappa shape index (κ1) is 13.7. The molecule has 2 aromatic carbocycles. The number of hydrogen-bond acceptors (Lipinski definition) is 1. The summed E-state index contributed by atoms with van der Waals surface area (Å²) in [4.78, 5) is 0.331. The van der Waals surface area contributed by atoms with E-state index >= 15 is 0 Å². The lowest BCUT2D eigenvalue weighted by molar-refractivity contribution is 0.506. The molecule has 2 N–H and O–H groups in total. The number of benzene rings is 2. The Balaban J connectivity index is 2.01. The SMILES string of the molecule is NC(=S)c1ccc2ccn(Cc3ccc(F)c(F)c3)c2c1. The molecule has 0 aliphatic carbocycles. The van der Waals surface area contributed by atoms with Gasteiger partial charge in [0.15, 0.2) is 11.6 Å². The Morgan fingerprint density at radius 3 is 2.57 bits per heavy atom. The van der Waals surface area contributed by atoms with Gasteiger partial charge < -0.3 is 10.3 Å². The van der Waals surface area contributed by atoms with E-state index < -0.39 is 11.6 Å². The van der Waals surface area contributed by atoms with Crippen LogP contribution in [0.15, 0.2) is 48.7 Å². The molecule has 1 aromatic heterocycles. The van der Waals surface area contributed by atoms with Crippen LogP contribution in [0.1, 0.15) is 11.1 Å². The van der Waals surface area contributed by atoms with Crippen molar-refractivity contribution in [1.29, 1.82) is 0 Å². The number of halogens is 2. The van der Waals surface area contributed by atoms with Crippen LogP contribution in [0.2, 0.25) is 0 Å². The average Bonchev–Trinajstić information content (AvgIpc) is 2.85. The van der Waals surface area contributed by atoms with Gasteiger partial charge in [-0.2, -0.15) is 0 Å². The fourth-order valence-electron chi connectivity index (χ4n) is 2.31. The summed E-state index contributed by atoms with van der Waals surface area (Å²) in [7, 11) is 0. The molecule has 0 aliphatic heterocycles. The maximum absolute atomic E-state index is 13.3. The smallest absolute Gasteiger partial charge is 0.159 e. The standard InChI is InChI=1S/C16H12F2N2S/c17-13-4-1-10(7-14(13)18)9-20-6-5-11-2-3-12(16(19)21)8-15(11)20/h1-8H,9H2,(H2,19,21). The summed E-state index contributed by atoms with van der Waals surface area (Å²) in [6, 6.07) is 11.6. The predicted molar refractivity (Wildman–Crippen MR) is 83.3 cm³/mol. The molecule has 3 rings (SSSR count). The monoisotopic (exact) mass is 302 g/mol. The van der Waals surface area contributed by atoms with E-state index in [1.807, 2.05) is 35.0 Å². The van der Waals surface area contributed by atoms with E-state index in [-0.39, 0.29) is 0 Å². The number of nitrogens with two attached hydrogens (primary N) is 1. The zero-order valence-electron chi connectivity index (χ0n) is 11.0. The molecule has 21 heavy (non-hydrogen) atoms. The molecule has 0 saturated carbocycles. The highest BCUT2D eigenvalue weighted by atomic mass is 32.1. The number of fused-ring (bicyclic) bond motifs is 1. The van der Waals surface area contributed by atoms with Crippen LogP contribution >= 0.6 is 12.2 Å². The third-order valence-corrected chi connectivity index (χ3v) is 3.63. The van der Waals surface area contributed by atoms with Crippen molar-refractivity contribution in [2.24, 2.45) is 5.73 Å². The lowest BCUT2D eigenvalue weighted by Gasteiger charge is -2.07. The zero-order chi connectivity index (χ0) is 15.0. The summed E-state index contributed by atoms with van der Waals surface area (Å²) >= 11 is 4.98. The van der Waals surface area contributed by atoms with Gasteiger partial charge in [0.25, 0.3) is 0 Å². The van der Waals surface area contributed by atoms with Crippen LogP contribution in [0.3, 0.4) is 0 Å². The van der Waals surface area contributed by atoms with Gasteiger partial charge in [-0.15, -0.1) is 0 Å². The van der Waals surface area contributed by atoms with Crippen LogP contribution in [0.4, 0.5) is 8.78 Å². The maximum Gasteiger partial charge on any atom is 0.159 e. The van der Waals surface area contributed by atoms with Crippen molar-refractivity contribution in [3.8, 4) is 0 Å². The average molecular weight is 302 g/mol. The Morgan fingerprint density at radius 2 is 1.86 bits per heavy atom. The fourth-order valence-corrected chi connectivity index (χ4v) is 2.44. The molecule has 0 fully saturated rings. The Morgan fingerprint density at radius 1 is 1.05 bits per heavy atom. The van der Waals surface area contributed by atoms with Crippen LogP contribution < -0.4 is 5.73 Å². The fraction of sp³-hybridized carbons (Fsp3) is 0.0625. The summed E-state index contributed by atoms with van der Waals surface area (Å²) in [5.74, 6) is -1.68. The van der Waals surface area contributed by atoms with Crippen LogP contribution in [-0.4, -0.2) is 9.56 Å². The molecule has 2 nitrogen and oxygen atoms in total. The minimum Gasteiger partial charge on any atom is -0.389 e. The second-order valence-corrected chi connectivity index (χ2v) is 5.27. The van der Waals surface area contributed by atoms with Crippen molar-refractivity contribution in [2.45, 2.75) is 6.54 Å². The zero-order valence-corrected chi connectivity index (χ0v) is 11.8. The molecule has 0 atom stereocenters. The van der Waals surface area contributed by atoms with E-state index in [0.717, 1.165) is 22.5 Å². The molecule has 0 bridgehead atoms. The van der Waals surface area contributed by atoms with Gasteiger partial charge in [0, 0.05) is 23.8 Å². The van der Waals surface area contributed by atoms with Crippen molar-refractivity contribution in [3.63, 3.8) is 0 Å². The van der Waals surface area contributed by atoms with Gasteiger partial charge in [-0.3, -0.25) is 0 Å². The highest BCUT2D eigenvalue weighted by Crippen LogP contribution is 2.20. The van der Waals surface area contributed by atoms with E-state index in [9.17, 15) is 8.78 Å². The molecular weight excluding hydrogens is 290 g/mol. The molecule has 106 valence electrons. The first-order valence-electron chi connectivity index (χ1n) is 6.37. The van der Waals surface area contributed by atoms with Gasteiger partial charge in [0.05, 0.1) is 0 Å². The van der Waals surface area contributed by atoms with E-state index in [0.29, 0.717) is 17.1 Å². The normalized spacial score (nSPS) is 11.0. The van der Waals surface area contributed by atoms with Crippen molar-refractivity contribution < 1.29 is 8.78 Å². The molecule has 0 radical (unpaired) electrons. The molecule has 1 heterocycles. The summed E-state index contributed by atoms with van der Waals surface area (Å²) in [6.07, 6.45) is 1.90. The minimum atomic E-state index is -0.841. The van der Waals surface area contributed by atoms with Crippen molar-refractivity contribution in [1.82, 2.24) is 4.57 Å². The van der Waals surface area contributed by atoms with Crippen molar-refractivity contribution >= 4 is 28.1 Å². The largest absolute Gasteiger partial charge is 0.389 e. The Bertz CT molecular complexity index is 839. The van der Waals surface area contributed by atoms with Gasteiger partial charge >= 0.3 is 0 Å². The second kappa shape index (κ2) is 5.26. The van der Waals surface area contributed by atoms with Gasteiger partial charge in [0.2, 0.25) is 0 Å². The van der Waals surface area contributed by atoms with Crippen LogP contribution in [0, 0.1) is 11.6 Å². The lowest BCUT2D eigenvalue weighted by atomic mass is 10.1. The summed E-state index contributed by atoms with van der Waals surface area (Å²) in [5.41, 5.74) is 8.06. The van der Waals surface area contributed by atoms with E-state index in [1.165, 1.54) is 6.07 Å². The van der Waals surface area contributed by atoms with Crippen LogP contribution in [0.25, 0.3) is 10.9 Å². The first-order valence-corrected chi connectivity index (χ1v) is 6.78. The molecule has 0 spiro atoms. The third-order valence-electron chi connectivity index (χ3n) is 3.40. The number of hydrogen-bond donors (Lipinski definition) is 1. The molecular formula is C16H12F2N2S. The van der Waals surface area contributed by atoms with E-state index in [1.54, 1.807) is 6.07 Å². The summed E-state index contributed by atoms with van der Waals surface area (Å²) in [6.45, 7) is 0.446. The molecule has 0 aliphatic rings. The summed E-state index contributed by atoms with van der Waals surface area (Å²) in [5, 5.41) is 1.04. The van der Waals surface area contributed by atoms with Crippen LogP contribution in [-0.2, 0) is 6.54 Å².